The molecule has 8 nitrogen and oxygen atoms in total. The Kier molecular flexibility index (Phi) is 25.1. The van der Waals surface area contributed by atoms with Gasteiger partial charge in [0.1, 0.15) is 30.2 Å². The van der Waals surface area contributed by atoms with Gasteiger partial charge < -0.3 is 35.0 Å². The van der Waals surface area contributed by atoms with Gasteiger partial charge in [-0.05, 0) is 19.8 Å². The first-order chi connectivity index (χ1) is 20.4. The highest BCUT2D eigenvalue weighted by atomic mass is 16.7. The van der Waals surface area contributed by atoms with Crippen molar-refractivity contribution in [2.45, 2.75) is 198 Å². The summed E-state index contributed by atoms with van der Waals surface area (Å²) in [5.74, 6) is 0.103. The van der Waals surface area contributed by atoms with Crippen molar-refractivity contribution in [2.24, 2.45) is 0 Å². The fourth-order valence-corrected chi connectivity index (χ4v) is 5.74. The predicted octanol–water partition coefficient (Wildman–Crippen LogP) is 6.12. The van der Waals surface area contributed by atoms with Crippen LogP contribution in [0.3, 0.4) is 0 Å². The van der Waals surface area contributed by atoms with E-state index in [1.54, 1.807) is 0 Å². The molecule has 1 aliphatic rings. The summed E-state index contributed by atoms with van der Waals surface area (Å²) < 4.78 is 10.7. The van der Waals surface area contributed by atoms with E-state index < -0.39 is 37.3 Å². The van der Waals surface area contributed by atoms with E-state index in [0.29, 0.717) is 6.42 Å². The maximum absolute atomic E-state index is 12.1. The van der Waals surface area contributed by atoms with Crippen molar-refractivity contribution in [1.29, 1.82) is 0 Å². The molecule has 1 fully saturated rings. The zero-order valence-corrected chi connectivity index (χ0v) is 26.8. The minimum absolute atomic E-state index is 0.0648. The third-order valence-electron chi connectivity index (χ3n) is 8.59. The minimum Gasteiger partial charge on any atom is -0.394 e. The number of hydrogen-bond acceptors (Lipinski definition) is 8. The molecule has 0 aliphatic carbocycles. The van der Waals surface area contributed by atoms with Gasteiger partial charge >= 0.3 is 0 Å². The molecular formula is C34H66O8. The van der Waals surface area contributed by atoms with Gasteiger partial charge in [0.05, 0.1) is 19.3 Å². The van der Waals surface area contributed by atoms with Gasteiger partial charge in [-0.3, -0.25) is 4.79 Å². The van der Waals surface area contributed by atoms with Gasteiger partial charge in [0, 0.05) is 12.8 Å². The molecule has 0 unspecified atom stereocenters. The Morgan fingerprint density at radius 1 is 0.619 bits per heavy atom. The van der Waals surface area contributed by atoms with Crippen LogP contribution in [0, 0.1) is 0 Å². The summed E-state index contributed by atoms with van der Waals surface area (Å²) in [7, 11) is 0. The van der Waals surface area contributed by atoms with Gasteiger partial charge in [-0.1, -0.05) is 128 Å². The first-order valence-electron chi connectivity index (χ1n) is 17.5. The number of aliphatic hydroxyl groups excluding tert-OH is 5. The first-order valence-corrected chi connectivity index (χ1v) is 17.5. The number of rotatable bonds is 29. The topological polar surface area (TPSA) is 137 Å². The van der Waals surface area contributed by atoms with E-state index >= 15 is 0 Å². The summed E-state index contributed by atoms with van der Waals surface area (Å²) >= 11 is 0. The van der Waals surface area contributed by atoms with Crippen molar-refractivity contribution in [2.75, 3.05) is 13.2 Å². The maximum atomic E-state index is 12.1. The maximum Gasteiger partial charge on any atom is 0.186 e. The highest BCUT2D eigenvalue weighted by Gasteiger charge is 2.43. The van der Waals surface area contributed by atoms with Crippen LogP contribution in [0.2, 0.25) is 0 Å². The molecule has 0 aromatic rings. The second-order valence-corrected chi connectivity index (χ2v) is 12.7. The number of carbonyl (C=O) groups is 1. The molecule has 0 bridgehead atoms. The van der Waals surface area contributed by atoms with Crippen molar-refractivity contribution >= 4 is 5.78 Å². The van der Waals surface area contributed by atoms with Crippen LogP contribution in [-0.2, 0) is 14.3 Å². The molecule has 1 rings (SSSR count). The van der Waals surface area contributed by atoms with Crippen LogP contribution >= 0.6 is 0 Å². The molecule has 0 amide bonds. The minimum atomic E-state index is -1.47. The predicted molar refractivity (Wildman–Crippen MR) is 167 cm³/mol. The van der Waals surface area contributed by atoms with Crippen molar-refractivity contribution in [1.82, 2.24) is 0 Å². The van der Waals surface area contributed by atoms with Crippen LogP contribution in [0.1, 0.15) is 161 Å². The Morgan fingerprint density at radius 3 is 1.43 bits per heavy atom. The lowest BCUT2D eigenvalue weighted by molar-refractivity contribution is -0.300. The van der Waals surface area contributed by atoms with E-state index in [1.807, 2.05) is 6.92 Å². The highest BCUT2D eigenvalue weighted by Crippen LogP contribution is 2.22. The lowest BCUT2D eigenvalue weighted by Gasteiger charge is -2.39. The molecule has 0 aromatic heterocycles. The molecule has 1 saturated heterocycles. The summed E-state index contributed by atoms with van der Waals surface area (Å²) in [5.41, 5.74) is 0. The Bertz CT molecular complexity index is 614. The number of ketones is 1. The fraction of sp³-hybridized carbons (Fsp3) is 0.971. The Hall–Kier alpha value is -0.610. The molecule has 1 aliphatic heterocycles. The summed E-state index contributed by atoms with van der Waals surface area (Å²) in [5, 5.41) is 48.0. The molecule has 0 radical (unpaired) electrons. The molecule has 0 saturated carbocycles. The van der Waals surface area contributed by atoms with Gasteiger partial charge in [-0.25, -0.2) is 0 Å². The second kappa shape index (κ2) is 26.8. The average molecular weight is 603 g/mol. The molecular weight excluding hydrogens is 536 g/mol. The second-order valence-electron chi connectivity index (χ2n) is 12.7. The smallest absolute Gasteiger partial charge is 0.186 e. The Labute approximate surface area is 256 Å². The molecule has 6 atom stereocenters. The largest absolute Gasteiger partial charge is 0.394 e. The van der Waals surface area contributed by atoms with Crippen LogP contribution in [0.4, 0.5) is 0 Å². The highest BCUT2D eigenvalue weighted by molar-refractivity contribution is 5.78. The SMILES string of the molecule is C[C@@H](O)CCCCCCCCCCCCCCCCCCCCCCCC(=O)CCO[C@H]1O[C@H](CO)[C@@H](O)[C@H](O)[C@H]1O. The molecule has 8 heteroatoms. The fourth-order valence-electron chi connectivity index (χ4n) is 5.74. The van der Waals surface area contributed by atoms with Gasteiger partial charge in [0.25, 0.3) is 0 Å². The third-order valence-corrected chi connectivity index (χ3v) is 8.59. The summed E-state index contributed by atoms with van der Waals surface area (Å²) in [6.07, 6.45) is 22.3. The number of unbranched alkanes of at least 4 members (excludes halogenated alkanes) is 20. The van der Waals surface area contributed by atoms with Crippen molar-refractivity contribution < 1.29 is 39.8 Å². The molecule has 0 spiro atoms. The zero-order valence-electron chi connectivity index (χ0n) is 26.8. The molecule has 1 heterocycles. The van der Waals surface area contributed by atoms with E-state index in [4.69, 9.17) is 9.47 Å². The quantitative estimate of drug-likeness (QED) is 0.0647. The lowest BCUT2D eigenvalue weighted by atomic mass is 9.99. The molecule has 42 heavy (non-hydrogen) atoms. The number of ether oxygens (including phenoxy) is 2. The first kappa shape index (κ1) is 39.4. The van der Waals surface area contributed by atoms with Gasteiger partial charge in [-0.2, -0.15) is 0 Å². The van der Waals surface area contributed by atoms with Crippen molar-refractivity contribution in [3.05, 3.63) is 0 Å². The number of aliphatic hydroxyl groups is 5. The molecule has 0 aromatic carbocycles. The van der Waals surface area contributed by atoms with E-state index in [2.05, 4.69) is 0 Å². The molecule has 250 valence electrons. The third kappa shape index (κ3) is 20.4. The molecule has 5 N–H and O–H groups in total. The van der Waals surface area contributed by atoms with Gasteiger partial charge in [0.15, 0.2) is 6.29 Å². The normalized spacial score (nSPS) is 23.3. The Morgan fingerprint density at radius 2 is 1.02 bits per heavy atom. The standard InChI is InChI=1S/C34H66O8/c1-28(36)23-21-19-17-15-13-11-9-7-5-3-2-4-6-8-10-12-14-16-18-20-22-24-29(37)25-26-41-34-33(40)32(39)31(38)30(27-35)42-34/h28,30-36,38-40H,2-27H2,1H3/t28-,30-,31-,32+,33-,34+/m1/s1. The van der Waals surface area contributed by atoms with Crippen LogP contribution in [-0.4, -0.2) is 81.3 Å². The van der Waals surface area contributed by atoms with Crippen LogP contribution in [0.15, 0.2) is 0 Å². The zero-order chi connectivity index (χ0) is 30.8. The monoisotopic (exact) mass is 602 g/mol. The van der Waals surface area contributed by atoms with E-state index in [0.717, 1.165) is 19.3 Å². The van der Waals surface area contributed by atoms with Crippen molar-refractivity contribution in [3.63, 3.8) is 0 Å². The summed E-state index contributed by atoms with van der Waals surface area (Å²) in [6, 6.07) is 0. The average Bonchev–Trinajstić information content (AvgIpc) is 2.97. The van der Waals surface area contributed by atoms with E-state index in [-0.39, 0.29) is 24.9 Å². The van der Waals surface area contributed by atoms with Crippen molar-refractivity contribution in [3.8, 4) is 0 Å². The number of carbonyl (C=O) groups excluding carboxylic acids is 1. The number of Topliss-reactive ketones (excluding diaryl/α,β-unsaturated/α-hetero) is 1. The van der Waals surface area contributed by atoms with Gasteiger partial charge in [0.2, 0.25) is 0 Å². The van der Waals surface area contributed by atoms with E-state index in [1.165, 1.54) is 122 Å². The number of hydrogen-bond donors (Lipinski definition) is 5. The van der Waals surface area contributed by atoms with Crippen LogP contribution in [0.5, 0.6) is 0 Å². The van der Waals surface area contributed by atoms with Gasteiger partial charge in [-0.15, -0.1) is 0 Å². The lowest BCUT2D eigenvalue weighted by Crippen LogP contribution is -2.59. The Balaban J connectivity index is 1.78. The summed E-state index contributed by atoms with van der Waals surface area (Å²) in [6.45, 7) is 1.45. The van der Waals surface area contributed by atoms with Crippen LogP contribution < -0.4 is 0 Å². The van der Waals surface area contributed by atoms with E-state index in [9.17, 15) is 30.3 Å². The summed E-state index contributed by atoms with van der Waals surface area (Å²) in [4.78, 5) is 12.1. The van der Waals surface area contributed by atoms with Crippen LogP contribution in [0.25, 0.3) is 0 Å².